The molecule has 0 unspecified atom stereocenters. The predicted molar refractivity (Wildman–Crippen MR) is 68.9 cm³/mol. The highest BCUT2D eigenvalue weighted by Gasteiger charge is 2.21. The fourth-order valence-electron chi connectivity index (χ4n) is 0.887. The Balaban J connectivity index is 3.86. The maximum Gasteiger partial charge on any atom is 0.320 e. The van der Waals surface area contributed by atoms with Gasteiger partial charge in [-0.15, -0.1) is 0 Å². The molecule has 0 N–H and O–H groups in total. The molecular weight excluding hydrogens is 288 g/mol. The van der Waals surface area contributed by atoms with Gasteiger partial charge in [-0.05, 0) is 11.8 Å². The number of halogens is 1. The molecule has 4 nitrogen and oxygen atoms in total. The highest BCUT2D eigenvalue weighted by molar-refractivity contribution is 9.10. The second-order valence-electron chi connectivity index (χ2n) is 4.77. The van der Waals surface area contributed by atoms with Gasteiger partial charge in [-0.2, -0.15) is 0 Å². The zero-order valence-corrected chi connectivity index (χ0v) is 12.5. The largest absolute Gasteiger partial charge is 0.465 e. The van der Waals surface area contributed by atoms with Crippen molar-refractivity contribution in [3.63, 3.8) is 0 Å². The number of carbonyl (C=O) groups excluding carboxylic acids is 2. The lowest BCUT2D eigenvalue weighted by Crippen LogP contribution is -2.24. The van der Waals surface area contributed by atoms with Gasteiger partial charge in [0.15, 0.2) is 0 Å². The first-order valence-corrected chi connectivity index (χ1v) is 6.70. The molecule has 0 spiro atoms. The average Bonchev–Trinajstić information content (AvgIpc) is 2.22. The van der Waals surface area contributed by atoms with Crippen molar-refractivity contribution in [3.8, 4) is 0 Å². The Morgan fingerprint density at radius 3 is 1.94 bits per heavy atom. The predicted octanol–water partition coefficient (Wildman–Crippen LogP) is 2.54. The SMILES string of the molecule is CC(C)COC(=O)C[C@@H](Br)C(=O)OCC(C)C. The van der Waals surface area contributed by atoms with Crippen molar-refractivity contribution in [2.24, 2.45) is 11.8 Å². The Hall–Kier alpha value is -0.580. The van der Waals surface area contributed by atoms with E-state index in [1.807, 2.05) is 27.7 Å². The molecule has 0 aromatic rings. The minimum atomic E-state index is -0.624. The highest BCUT2D eigenvalue weighted by Crippen LogP contribution is 2.10. The topological polar surface area (TPSA) is 52.6 Å². The Labute approximate surface area is 111 Å². The van der Waals surface area contributed by atoms with Crippen LogP contribution >= 0.6 is 15.9 Å². The fourth-order valence-corrected chi connectivity index (χ4v) is 1.28. The minimum absolute atomic E-state index is 0.00362. The molecule has 0 aliphatic rings. The lowest BCUT2D eigenvalue weighted by Gasteiger charge is -2.12. The Kier molecular flexibility index (Phi) is 8.21. The van der Waals surface area contributed by atoms with Gasteiger partial charge < -0.3 is 9.47 Å². The van der Waals surface area contributed by atoms with Crippen LogP contribution in [0.25, 0.3) is 0 Å². The van der Waals surface area contributed by atoms with Gasteiger partial charge in [-0.1, -0.05) is 43.6 Å². The Morgan fingerprint density at radius 2 is 1.47 bits per heavy atom. The van der Waals surface area contributed by atoms with Crippen LogP contribution < -0.4 is 0 Å². The quantitative estimate of drug-likeness (QED) is 0.536. The first-order chi connectivity index (χ1) is 7.82. The number of hydrogen-bond donors (Lipinski definition) is 0. The van der Waals surface area contributed by atoms with Gasteiger partial charge in [-0.3, -0.25) is 9.59 Å². The number of rotatable bonds is 7. The highest BCUT2D eigenvalue weighted by atomic mass is 79.9. The molecule has 0 bridgehead atoms. The Morgan fingerprint density at radius 1 is 1.00 bits per heavy atom. The molecule has 0 fully saturated rings. The molecule has 0 rings (SSSR count). The molecule has 5 heteroatoms. The number of ether oxygens (including phenoxy) is 2. The smallest absolute Gasteiger partial charge is 0.320 e. The summed E-state index contributed by atoms with van der Waals surface area (Å²) in [6.45, 7) is 8.55. The molecule has 0 saturated carbocycles. The molecule has 0 radical (unpaired) electrons. The second kappa shape index (κ2) is 8.50. The molecule has 0 aliphatic carbocycles. The van der Waals surface area contributed by atoms with Gasteiger partial charge in [0.05, 0.1) is 19.6 Å². The molecule has 100 valence electrons. The molecular formula is C12H21BrO4. The van der Waals surface area contributed by atoms with Gasteiger partial charge in [0.25, 0.3) is 0 Å². The van der Waals surface area contributed by atoms with Gasteiger partial charge in [0.2, 0.25) is 0 Å². The van der Waals surface area contributed by atoms with Crippen molar-refractivity contribution in [2.75, 3.05) is 13.2 Å². The van der Waals surface area contributed by atoms with Crippen molar-refractivity contribution in [2.45, 2.75) is 38.9 Å². The standard InChI is InChI=1S/C12H21BrO4/c1-8(2)6-16-11(14)5-10(13)12(15)17-7-9(3)4/h8-10H,5-7H2,1-4H3/t10-/m1/s1. The summed E-state index contributed by atoms with van der Waals surface area (Å²) < 4.78 is 9.97. The van der Waals surface area contributed by atoms with E-state index in [0.29, 0.717) is 19.1 Å². The lowest BCUT2D eigenvalue weighted by molar-refractivity contribution is -0.150. The van der Waals surface area contributed by atoms with E-state index in [9.17, 15) is 9.59 Å². The van der Waals surface area contributed by atoms with E-state index in [1.165, 1.54) is 0 Å². The van der Waals surface area contributed by atoms with Crippen LogP contribution in [0.5, 0.6) is 0 Å². The lowest BCUT2D eigenvalue weighted by atomic mass is 10.2. The molecule has 0 amide bonds. The van der Waals surface area contributed by atoms with Crippen LogP contribution in [-0.2, 0) is 19.1 Å². The number of alkyl halides is 1. The van der Waals surface area contributed by atoms with Crippen LogP contribution in [0.3, 0.4) is 0 Å². The summed E-state index contributed by atoms with van der Waals surface area (Å²) in [4.78, 5) is 22.2. The molecule has 0 aromatic carbocycles. The van der Waals surface area contributed by atoms with Crippen molar-refractivity contribution in [1.29, 1.82) is 0 Å². The maximum absolute atomic E-state index is 11.4. The Bertz CT molecular complexity index is 251. The number of esters is 2. The fraction of sp³-hybridized carbons (Fsp3) is 0.833. The van der Waals surface area contributed by atoms with E-state index in [0.717, 1.165) is 0 Å². The second-order valence-corrected chi connectivity index (χ2v) is 5.88. The average molecular weight is 309 g/mol. The third-order valence-electron chi connectivity index (χ3n) is 1.74. The molecule has 0 aliphatic heterocycles. The minimum Gasteiger partial charge on any atom is -0.465 e. The summed E-state index contributed by atoms with van der Waals surface area (Å²) in [6.07, 6.45) is 0.00362. The van der Waals surface area contributed by atoms with Crippen molar-refractivity contribution in [1.82, 2.24) is 0 Å². The van der Waals surface area contributed by atoms with E-state index in [4.69, 9.17) is 9.47 Å². The van der Waals surface area contributed by atoms with Crippen LogP contribution in [0.15, 0.2) is 0 Å². The maximum atomic E-state index is 11.4. The molecule has 17 heavy (non-hydrogen) atoms. The number of carbonyl (C=O) groups is 2. The summed E-state index contributed by atoms with van der Waals surface area (Å²) in [7, 11) is 0. The van der Waals surface area contributed by atoms with E-state index >= 15 is 0 Å². The van der Waals surface area contributed by atoms with Crippen molar-refractivity contribution >= 4 is 27.9 Å². The van der Waals surface area contributed by atoms with Crippen LogP contribution in [0.4, 0.5) is 0 Å². The van der Waals surface area contributed by atoms with Crippen LogP contribution in [0.1, 0.15) is 34.1 Å². The molecule has 0 aromatic heterocycles. The normalized spacial score (nSPS) is 12.6. The zero-order valence-electron chi connectivity index (χ0n) is 10.9. The van der Waals surface area contributed by atoms with Crippen molar-refractivity contribution < 1.29 is 19.1 Å². The van der Waals surface area contributed by atoms with E-state index in [2.05, 4.69) is 15.9 Å². The van der Waals surface area contributed by atoms with Crippen LogP contribution in [0.2, 0.25) is 0 Å². The third-order valence-corrected chi connectivity index (χ3v) is 2.44. The van der Waals surface area contributed by atoms with Gasteiger partial charge >= 0.3 is 11.9 Å². The monoisotopic (exact) mass is 308 g/mol. The first kappa shape index (κ1) is 16.4. The summed E-state index contributed by atoms with van der Waals surface area (Å²) in [5.74, 6) is -0.227. The van der Waals surface area contributed by atoms with Gasteiger partial charge in [-0.25, -0.2) is 0 Å². The number of hydrogen-bond acceptors (Lipinski definition) is 4. The van der Waals surface area contributed by atoms with E-state index in [1.54, 1.807) is 0 Å². The van der Waals surface area contributed by atoms with Crippen LogP contribution in [-0.4, -0.2) is 30.0 Å². The zero-order chi connectivity index (χ0) is 13.4. The molecule has 0 heterocycles. The van der Waals surface area contributed by atoms with Crippen LogP contribution in [0, 0.1) is 11.8 Å². The summed E-state index contributed by atoms with van der Waals surface area (Å²) in [5, 5.41) is 0. The van der Waals surface area contributed by atoms with Crippen molar-refractivity contribution in [3.05, 3.63) is 0 Å². The molecule has 0 saturated heterocycles. The molecule has 1 atom stereocenters. The van der Waals surface area contributed by atoms with E-state index < -0.39 is 10.8 Å². The van der Waals surface area contributed by atoms with Gasteiger partial charge in [0, 0.05) is 0 Å². The summed E-state index contributed by atoms with van der Waals surface area (Å²) in [5.41, 5.74) is 0. The summed E-state index contributed by atoms with van der Waals surface area (Å²) in [6, 6.07) is 0. The van der Waals surface area contributed by atoms with E-state index in [-0.39, 0.29) is 18.3 Å². The van der Waals surface area contributed by atoms with Gasteiger partial charge in [0.1, 0.15) is 4.83 Å². The first-order valence-electron chi connectivity index (χ1n) is 5.79. The third kappa shape index (κ3) is 9.15. The summed E-state index contributed by atoms with van der Waals surface area (Å²) >= 11 is 3.13.